The van der Waals surface area contributed by atoms with E-state index in [2.05, 4.69) is 5.32 Å². The van der Waals surface area contributed by atoms with Crippen molar-refractivity contribution in [3.63, 3.8) is 0 Å². The Morgan fingerprint density at radius 3 is 2.91 bits per heavy atom. The Morgan fingerprint density at radius 2 is 2.17 bits per heavy atom. The average molecular weight is 395 g/mol. The highest BCUT2D eigenvalue weighted by Crippen LogP contribution is 2.33. The second kappa shape index (κ2) is 7.68. The van der Waals surface area contributed by atoms with Gasteiger partial charge in [-0.15, -0.1) is 23.7 Å². The summed E-state index contributed by atoms with van der Waals surface area (Å²) in [5.41, 5.74) is 0. The van der Waals surface area contributed by atoms with E-state index in [-0.39, 0.29) is 12.4 Å². The first kappa shape index (κ1) is 19.0. The molecular weight excluding hydrogens is 375 g/mol. The van der Waals surface area contributed by atoms with E-state index in [0.717, 1.165) is 29.5 Å². The number of hydrogen-bond acceptors (Lipinski definition) is 4. The standard InChI is InChI=1S/C15H19ClN2O2S2.ClH/c1-17-9-11-3-2-6-18(10-11)22(19,20)15-8-12-7-13(16)4-5-14(12)21-15;/h4-5,7-8,11,17H,2-3,6,9-10H2,1H3;1H. The molecule has 1 saturated heterocycles. The Bertz CT molecular complexity index is 775. The lowest BCUT2D eigenvalue weighted by atomic mass is 10.00. The maximum absolute atomic E-state index is 12.9. The minimum Gasteiger partial charge on any atom is -0.319 e. The molecule has 0 amide bonds. The van der Waals surface area contributed by atoms with E-state index in [1.54, 1.807) is 16.4 Å². The smallest absolute Gasteiger partial charge is 0.252 e. The van der Waals surface area contributed by atoms with E-state index in [4.69, 9.17) is 11.6 Å². The predicted octanol–water partition coefficient (Wildman–Crippen LogP) is 3.60. The molecule has 0 spiro atoms. The number of rotatable bonds is 4. The second-order valence-electron chi connectivity index (χ2n) is 5.68. The van der Waals surface area contributed by atoms with Gasteiger partial charge in [0, 0.05) is 22.8 Å². The van der Waals surface area contributed by atoms with E-state index in [1.807, 2.05) is 19.2 Å². The number of halogens is 2. The molecular formula is C15H20Cl2N2O2S2. The number of thiophene rings is 1. The third-order valence-corrected chi connectivity index (χ3v) is 7.69. The van der Waals surface area contributed by atoms with Crippen LogP contribution < -0.4 is 5.32 Å². The molecule has 23 heavy (non-hydrogen) atoms. The monoisotopic (exact) mass is 394 g/mol. The third-order valence-electron chi connectivity index (χ3n) is 4.02. The Hall–Kier alpha value is -0.370. The van der Waals surface area contributed by atoms with Crippen molar-refractivity contribution < 1.29 is 8.42 Å². The summed E-state index contributed by atoms with van der Waals surface area (Å²) in [5, 5.41) is 4.66. The average Bonchev–Trinajstić information content (AvgIpc) is 2.91. The molecule has 3 rings (SSSR count). The summed E-state index contributed by atoms with van der Waals surface area (Å²) >= 11 is 7.30. The van der Waals surface area contributed by atoms with Crippen LogP contribution in [0.15, 0.2) is 28.5 Å². The third kappa shape index (κ3) is 4.00. The van der Waals surface area contributed by atoms with Gasteiger partial charge < -0.3 is 5.32 Å². The fourth-order valence-electron chi connectivity index (χ4n) is 2.94. The fraction of sp³-hybridized carbons (Fsp3) is 0.467. The zero-order chi connectivity index (χ0) is 15.7. The molecule has 1 aromatic heterocycles. The van der Waals surface area contributed by atoms with Gasteiger partial charge >= 0.3 is 0 Å². The van der Waals surface area contributed by atoms with Gasteiger partial charge in [-0.1, -0.05) is 11.6 Å². The van der Waals surface area contributed by atoms with Crippen LogP contribution in [-0.2, 0) is 10.0 Å². The molecule has 4 nitrogen and oxygen atoms in total. The van der Waals surface area contributed by atoms with Crippen molar-refractivity contribution in [3.8, 4) is 0 Å². The fourth-order valence-corrected chi connectivity index (χ4v) is 6.21. The quantitative estimate of drug-likeness (QED) is 0.861. The lowest BCUT2D eigenvalue weighted by Gasteiger charge is -2.31. The molecule has 1 aliphatic rings. The lowest BCUT2D eigenvalue weighted by Crippen LogP contribution is -2.42. The molecule has 2 aromatic rings. The lowest BCUT2D eigenvalue weighted by molar-refractivity contribution is 0.264. The topological polar surface area (TPSA) is 49.4 Å². The molecule has 128 valence electrons. The van der Waals surface area contributed by atoms with E-state index >= 15 is 0 Å². The van der Waals surface area contributed by atoms with Crippen LogP contribution in [0, 0.1) is 5.92 Å². The van der Waals surface area contributed by atoms with Crippen LogP contribution in [0.3, 0.4) is 0 Å². The summed E-state index contributed by atoms with van der Waals surface area (Å²) < 4.78 is 28.7. The molecule has 0 aliphatic carbocycles. The highest BCUT2D eigenvalue weighted by atomic mass is 35.5. The summed E-state index contributed by atoms with van der Waals surface area (Å²) in [5.74, 6) is 0.386. The van der Waals surface area contributed by atoms with Gasteiger partial charge in [0.15, 0.2) is 0 Å². The zero-order valence-electron chi connectivity index (χ0n) is 12.8. The molecule has 1 aromatic carbocycles. The number of nitrogens with zero attached hydrogens (tertiary/aromatic N) is 1. The van der Waals surface area contributed by atoms with Gasteiger partial charge in [-0.2, -0.15) is 4.31 Å². The molecule has 1 fully saturated rings. The maximum atomic E-state index is 12.9. The highest BCUT2D eigenvalue weighted by molar-refractivity contribution is 7.91. The molecule has 0 bridgehead atoms. The highest BCUT2D eigenvalue weighted by Gasteiger charge is 2.31. The number of fused-ring (bicyclic) bond motifs is 1. The summed E-state index contributed by atoms with van der Waals surface area (Å²) in [6, 6.07) is 7.22. The van der Waals surface area contributed by atoms with Crippen LogP contribution in [0.2, 0.25) is 5.02 Å². The van der Waals surface area contributed by atoms with Gasteiger partial charge in [-0.25, -0.2) is 8.42 Å². The SMILES string of the molecule is CNCC1CCCN(S(=O)(=O)c2cc3cc(Cl)ccc3s2)C1.Cl. The predicted molar refractivity (Wildman–Crippen MR) is 99.5 cm³/mol. The Morgan fingerprint density at radius 1 is 1.39 bits per heavy atom. The van der Waals surface area contributed by atoms with Crippen LogP contribution in [0.25, 0.3) is 10.1 Å². The largest absolute Gasteiger partial charge is 0.319 e. The summed E-state index contributed by atoms with van der Waals surface area (Å²) in [4.78, 5) is 0. The summed E-state index contributed by atoms with van der Waals surface area (Å²) in [6.07, 6.45) is 2.00. The minimum atomic E-state index is -3.41. The number of benzene rings is 1. The molecule has 1 atom stereocenters. The Labute approximate surface area is 152 Å². The first-order valence-corrected chi connectivity index (χ1v) is 9.98. The van der Waals surface area contributed by atoms with Crippen molar-refractivity contribution in [2.45, 2.75) is 17.1 Å². The van der Waals surface area contributed by atoms with Gasteiger partial charge in [0.05, 0.1) is 0 Å². The van der Waals surface area contributed by atoms with Crippen molar-refractivity contribution in [1.82, 2.24) is 9.62 Å². The van der Waals surface area contributed by atoms with Crippen LogP contribution in [0.4, 0.5) is 0 Å². The number of nitrogens with one attached hydrogen (secondary N) is 1. The van der Waals surface area contributed by atoms with E-state index in [9.17, 15) is 8.42 Å². The maximum Gasteiger partial charge on any atom is 0.252 e. The van der Waals surface area contributed by atoms with Crippen LogP contribution >= 0.6 is 35.3 Å². The van der Waals surface area contributed by atoms with Gasteiger partial charge in [0.2, 0.25) is 0 Å². The number of hydrogen-bond donors (Lipinski definition) is 1. The van der Waals surface area contributed by atoms with Crippen molar-refractivity contribution in [2.75, 3.05) is 26.7 Å². The molecule has 1 N–H and O–H groups in total. The van der Waals surface area contributed by atoms with Gasteiger partial charge in [-0.05, 0) is 62.0 Å². The van der Waals surface area contributed by atoms with Crippen molar-refractivity contribution >= 4 is 55.5 Å². The van der Waals surface area contributed by atoms with Crippen molar-refractivity contribution in [2.24, 2.45) is 5.92 Å². The molecule has 0 radical (unpaired) electrons. The van der Waals surface area contributed by atoms with Gasteiger partial charge in [0.25, 0.3) is 10.0 Å². The zero-order valence-corrected chi connectivity index (χ0v) is 16.0. The van der Waals surface area contributed by atoms with Crippen LogP contribution in [0.1, 0.15) is 12.8 Å². The van der Waals surface area contributed by atoms with Gasteiger partial charge in [0.1, 0.15) is 4.21 Å². The number of piperidine rings is 1. The second-order valence-corrected chi connectivity index (χ2v) is 9.36. The summed E-state index contributed by atoms with van der Waals surface area (Å²) in [7, 11) is -1.50. The molecule has 0 saturated carbocycles. The van der Waals surface area contributed by atoms with Crippen molar-refractivity contribution in [3.05, 3.63) is 29.3 Å². The normalized spacial score (nSPS) is 19.7. The molecule has 8 heteroatoms. The first-order chi connectivity index (χ1) is 10.5. The van der Waals surface area contributed by atoms with Crippen molar-refractivity contribution in [1.29, 1.82) is 0 Å². The van der Waals surface area contributed by atoms with Gasteiger partial charge in [-0.3, -0.25) is 0 Å². The number of sulfonamides is 1. The molecule has 1 unspecified atom stereocenters. The Kier molecular flexibility index (Phi) is 6.33. The van der Waals surface area contributed by atoms with Crippen LogP contribution in [0.5, 0.6) is 0 Å². The minimum absolute atomic E-state index is 0. The van der Waals surface area contributed by atoms with Crippen LogP contribution in [-0.4, -0.2) is 39.4 Å². The molecule has 2 heterocycles. The molecule has 1 aliphatic heterocycles. The van der Waals surface area contributed by atoms with E-state index in [0.29, 0.717) is 28.2 Å². The Balaban J connectivity index is 0.00000192. The first-order valence-electron chi connectivity index (χ1n) is 7.34. The summed E-state index contributed by atoms with van der Waals surface area (Å²) in [6.45, 7) is 2.06. The van der Waals surface area contributed by atoms with E-state index in [1.165, 1.54) is 11.3 Å². The van der Waals surface area contributed by atoms with E-state index < -0.39 is 10.0 Å².